The van der Waals surface area contributed by atoms with E-state index >= 15 is 0 Å². The summed E-state index contributed by atoms with van der Waals surface area (Å²) in [6.07, 6.45) is 7.95. The van der Waals surface area contributed by atoms with Crippen LogP contribution < -0.4 is 10.5 Å². The van der Waals surface area contributed by atoms with Crippen LogP contribution in [0.5, 0.6) is 5.75 Å². The van der Waals surface area contributed by atoms with E-state index in [4.69, 9.17) is 10.5 Å². The smallest absolute Gasteiger partial charge is 0.119 e. The Bertz CT molecular complexity index is 452. The maximum Gasteiger partial charge on any atom is 0.119 e. The Morgan fingerprint density at radius 2 is 2.00 bits per heavy atom. The molecule has 0 aliphatic carbocycles. The molecular weight excluding hydrogens is 260 g/mol. The summed E-state index contributed by atoms with van der Waals surface area (Å²) in [5.74, 6) is 0.863. The van der Waals surface area contributed by atoms with Gasteiger partial charge in [0.05, 0.1) is 12.6 Å². The fraction of sp³-hybridized carbons (Fsp3) is 0.556. The maximum absolute atomic E-state index is 6.77. The first kappa shape index (κ1) is 16.1. The lowest BCUT2D eigenvalue weighted by Gasteiger charge is -2.35. The number of nitrogens with zero attached hydrogens (tertiary/aromatic N) is 1. The average molecular weight is 288 g/mol. The van der Waals surface area contributed by atoms with Gasteiger partial charge in [0.1, 0.15) is 5.75 Å². The Morgan fingerprint density at radius 1 is 1.29 bits per heavy atom. The fourth-order valence-corrected chi connectivity index (χ4v) is 3.16. The molecule has 1 aliphatic rings. The van der Waals surface area contributed by atoms with Crippen molar-refractivity contribution in [1.29, 1.82) is 0 Å². The van der Waals surface area contributed by atoms with Crippen molar-refractivity contribution in [2.24, 2.45) is 5.73 Å². The number of hydrogen-bond acceptors (Lipinski definition) is 3. The minimum Gasteiger partial charge on any atom is -0.497 e. The lowest BCUT2D eigenvalue weighted by atomic mass is 9.86. The monoisotopic (exact) mass is 288 g/mol. The third-order valence-corrected chi connectivity index (χ3v) is 4.36. The van der Waals surface area contributed by atoms with Crippen molar-refractivity contribution in [1.82, 2.24) is 4.90 Å². The van der Waals surface area contributed by atoms with Gasteiger partial charge < -0.3 is 15.4 Å². The minimum atomic E-state index is -0.388. The van der Waals surface area contributed by atoms with Crippen LogP contribution in [0.1, 0.15) is 37.7 Å². The van der Waals surface area contributed by atoms with E-state index < -0.39 is 0 Å². The number of likely N-dealkylation sites (tertiary alicyclic amines) is 1. The number of rotatable bonds is 6. The molecule has 0 aromatic heterocycles. The predicted octanol–water partition coefficient (Wildman–Crippen LogP) is 3.30. The molecule has 1 fully saturated rings. The van der Waals surface area contributed by atoms with Gasteiger partial charge in [-0.15, -0.1) is 6.58 Å². The predicted molar refractivity (Wildman–Crippen MR) is 88.6 cm³/mol. The molecule has 21 heavy (non-hydrogen) atoms. The summed E-state index contributed by atoms with van der Waals surface area (Å²) in [5.41, 5.74) is 7.51. The Labute approximate surface area is 128 Å². The molecule has 0 bridgehead atoms. The summed E-state index contributed by atoms with van der Waals surface area (Å²) in [7, 11) is 1.69. The van der Waals surface area contributed by atoms with Crippen molar-refractivity contribution in [2.45, 2.75) is 37.6 Å². The standard InChI is InChI=1S/C18H28N2O/c1-3-11-18(19,15-20-12-6-4-5-7-13-20)16-9-8-10-17(14-16)21-2/h3,8-10,14H,1,4-7,11-13,15,19H2,2H3. The van der Waals surface area contributed by atoms with Crippen molar-refractivity contribution >= 4 is 0 Å². The van der Waals surface area contributed by atoms with Gasteiger partial charge in [-0.3, -0.25) is 0 Å². The molecule has 1 atom stereocenters. The molecule has 3 heteroatoms. The Hall–Kier alpha value is -1.32. The number of ether oxygens (including phenoxy) is 1. The maximum atomic E-state index is 6.77. The molecule has 1 unspecified atom stereocenters. The van der Waals surface area contributed by atoms with Crippen LogP contribution in [0.15, 0.2) is 36.9 Å². The first-order chi connectivity index (χ1) is 10.2. The highest BCUT2D eigenvalue weighted by Crippen LogP contribution is 2.28. The Morgan fingerprint density at radius 3 is 2.62 bits per heavy atom. The molecule has 1 heterocycles. The van der Waals surface area contributed by atoms with E-state index in [0.717, 1.165) is 37.4 Å². The first-order valence-electron chi connectivity index (χ1n) is 7.94. The van der Waals surface area contributed by atoms with E-state index in [-0.39, 0.29) is 5.54 Å². The van der Waals surface area contributed by atoms with Crippen LogP contribution in [-0.2, 0) is 5.54 Å². The van der Waals surface area contributed by atoms with E-state index in [2.05, 4.69) is 23.6 Å². The van der Waals surface area contributed by atoms with Gasteiger partial charge in [0.15, 0.2) is 0 Å². The van der Waals surface area contributed by atoms with Crippen LogP contribution in [-0.4, -0.2) is 31.6 Å². The molecule has 1 aromatic carbocycles. The molecule has 0 spiro atoms. The van der Waals surface area contributed by atoms with Crippen LogP contribution in [0.2, 0.25) is 0 Å². The molecule has 1 aliphatic heterocycles. The molecule has 0 radical (unpaired) electrons. The normalized spacial score (nSPS) is 19.5. The summed E-state index contributed by atoms with van der Waals surface area (Å²) >= 11 is 0. The zero-order valence-corrected chi connectivity index (χ0v) is 13.2. The molecular formula is C18H28N2O. The first-order valence-corrected chi connectivity index (χ1v) is 7.94. The lowest BCUT2D eigenvalue weighted by Crippen LogP contribution is -2.47. The van der Waals surface area contributed by atoms with Crippen LogP contribution in [0.3, 0.4) is 0 Å². The van der Waals surface area contributed by atoms with E-state index in [0.29, 0.717) is 0 Å². The fourth-order valence-electron chi connectivity index (χ4n) is 3.16. The van der Waals surface area contributed by atoms with Crippen molar-refractivity contribution in [2.75, 3.05) is 26.7 Å². The quantitative estimate of drug-likeness (QED) is 0.816. The number of hydrogen-bond donors (Lipinski definition) is 1. The van der Waals surface area contributed by atoms with E-state index in [1.54, 1.807) is 7.11 Å². The number of nitrogens with two attached hydrogens (primary N) is 1. The van der Waals surface area contributed by atoms with E-state index in [9.17, 15) is 0 Å². The molecule has 116 valence electrons. The van der Waals surface area contributed by atoms with Crippen LogP contribution in [0.4, 0.5) is 0 Å². The topological polar surface area (TPSA) is 38.5 Å². The van der Waals surface area contributed by atoms with Gasteiger partial charge in [-0.05, 0) is 50.0 Å². The third-order valence-electron chi connectivity index (χ3n) is 4.36. The van der Waals surface area contributed by atoms with Gasteiger partial charge in [-0.25, -0.2) is 0 Å². The zero-order valence-electron chi connectivity index (χ0n) is 13.2. The van der Waals surface area contributed by atoms with Gasteiger partial charge in [-0.1, -0.05) is 31.1 Å². The van der Waals surface area contributed by atoms with E-state index in [1.807, 2.05) is 18.2 Å². The highest BCUT2D eigenvalue weighted by Gasteiger charge is 2.29. The average Bonchev–Trinajstić information content (AvgIpc) is 2.76. The molecule has 2 rings (SSSR count). The van der Waals surface area contributed by atoms with Gasteiger partial charge in [0.2, 0.25) is 0 Å². The highest BCUT2D eigenvalue weighted by atomic mass is 16.5. The van der Waals surface area contributed by atoms with Crippen molar-refractivity contribution < 1.29 is 4.74 Å². The summed E-state index contributed by atoms with van der Waals surface area (Å²) in [6.45, 7) is 7.08. The summed E-state index contributed by atoms with van der Waals surface area (Å²) < 4.78 is 5.34. The van der Waals surface area contributed by atoms with Crippen molar-refractivity contribution in [3.8, 4) is 5.75 Å². The second kappa shape index (κ2) is 7.62. The summed E-state index contributed by atoms with van der Waals surface area (Å²) in [5, 5.41) is 0. The second-order valence-electron chi connectivity index (χ2n) is 6.07. The third kappa shape index (κ3) is 4.32. The van der Waals surface area contributed by atoms with Gasteiger partial charge >= 0.3 is 0 Å². The van der Waals surface area contributed by atoms with Crippen LogP contribution in [0.25, 0.3) is 0 Å². The van der Waals surface area contributed by atoms with Crippen molar-refractivity contribution in [3.63, 3.8) is 0 Å². The molecule has 0 amide bonds. The highest BCUT2D eigenvalue weighted by molar-refractivity contribution is 5.34. The molecule has 3 nitrogen and oxygen atoms in total. The summed E-state index contributed by atoms with van der Waals surface area (Å²) in [6, 6.07) is 8.14. The van der Waals surface area contributed by atoms with E-state index in [1.165, 1.54) is 25.7 Å². The molecule has 0 saturated carbocycles. The minimum absolute atomic E-state index is 0.388. The lowest BCUT2D eigenvalue weighted by molar-refractivity contribution is 0.214. The number of methoxy groups -OCH3 is 1. The molecule has 2 N–H and O–H groups in total. The largest absolute Gasteiger partial charge is 0.497 e. The molecule has 1 saturated heterocycles. The van der Waals surface area contributed by atoms with Crippen LogP contribution in [0, 0.1) is 0 Å². The van der Waals surface area contributed by atoms with Gasteiger partial charge in [0.25, 0.3) is 0 Å². The number of benzene rings is 1. The Balaban J connectivity index is 2.19. The van der Waals surface area contributed by atoms with Crippen molar-refractivity contribution in [3.05, 3.63) is 42.5 Å². The summed E-state index contributed by atoms with van der Waals surface area (Å²) in [4.78, 5) is 2.51. The van der Waals surface area contributed by atoms with Gasteiger partial charge in [0, 0.05) is 6.54 Å². The van der Waals surface area contributed by atoms with Crippen LogP contribution >= 0.6 is 0 Å². The zero-order chi connectivity index (χ0) is 15.1. The molecule has 1 aromatic rings. The van der Waals surface area contributed by atoms with Gasteiger partial charge in [-0.2, -0.15) is 0 Å². The second-order valence-corrected chi connectivity index (χ2v) is 6.07. The Kier molecular flexibility index (Phi) is 5.83. The SMILES string of the molecule is C=CCC(N)(CN1CCCCCC1)c1cccc(OC)c1.